The largest absolute Gasteiger partial charge is 0.416 e. The number of carbonyl (C=O) groups excluding carboxylic acids is 2. The summed E-state index contributed by atoms with van der Waals surface area (Å²) in [6, 6.07) is 5.37. The SMILES string of the molecule is C=CC(=O)Nc1nn(C)cc1-c1nc2nccc(-c3ccc(CNC(=O)c4nc(C(C)(C)C)no4)c(C(F)(F)F)c3)c2[nH]1. The Kier molecular flexibility index (Phi) is 7.33. The van der Waals surface area contributed by atoms with E-state index in [4.69, 9.17) is 4.52 Å². The lowest BCUT2D eigenvalue weighted by Gasteiger charge is -2.15. The number of H-pyrrole nitrogens is 1. The fourth-order valence-electron chi connectivity index (χ4n) is 4.23. The number of hydrogen-bond donors (Lipinski definition) is 3. The Hall–Kier alpha value is -5.34. The van der Waals surface area contributed by atoms with Gasteiger partial charge in [-0.3, -0.25) is 14.3 Å². The van der Waals surface area contributed by atoms with Gasteiger partial charge in [-0.1, -0.05) is 44.6 Å². The maximum Gasteiger partial charge on any atom is 0.416 e. The highest BCUT2D eigenvalue weighted by Gasteiger charge is 2.34. The van der Waals surface area contributed by atoms with Gasteiger partial charge in [0, 0.05) is 37.0 Å². The number of carbonyl (C=O) groups is 2. The van der Waals surface area contributed by atoms with E-state index in [0.717, 1.165) is 12.1 Å². The van der Waals surface area contributed by atoms with Crippen LogP contribution in [0.5, 0.6) is 0 Å². The average Bonchev–Trinajstić information content (AvgIpc) is 3.69. The first-order valence-electron chi connectivity index (χ1n) is 12.9. The second-order valence-electron chi connectivity index (χ2n) is 10.6. The lowest BCUT2D eigenvalue weighted by atomic mass is 9.96. The summed E-state index contributed by atoms with van der Waals surface area (Å²) < 4.78 is 49.1. The highest BCUT2D eigenvalue weighted by Crippen LogP contribution is 2.37. The molecule has 222 valence electrons. The van der Waals surface area contributed by atoms with Gasteiger partial charge in [0.2, 0.25) is 5.91 Å². The molecule has 2 amide bonds. The van der Waals surface area contributed by atoms with E-state index in [1.165, 1.54) is 23.0 Å². The Morgan fingerprint density at radius 2 is 1.91 bits per heavy atom. The lowest BCUT2D eigenvalue weighted by Crippen LogP contribution is -2.25. The number of aryl methyl sites for hydroxylation is 1. The fourth-order valence-corrected chi connectivity index (χ4v) is 4.23. The predicted octanol–water partition coefficient (Wildman–Crippen LogP) is 4.78. The molecule has 5 aromatic rings. The highest BCUT2D eigenvalue weighted by atomic mass is 19.4. The molecule has 0 radical (unpaired) electrons. The minimum atomic E-state index is -4.72. The monoisotopic (exact) mass is 593 g/mol. The number of benzene rings is 1. The van der Waals surface area contributed by atoms with Crippen LogP contribution in [0.2, 0.25) is 0 Å². The number of imidazole rings is 1. The molecule has 0 aliphatic heterocycles. The Labute approximate surface area is 242 Å². The Morgan fingerprint density at radius 1 is 1.14 bits per heavy atom. The van der Waals surface area contributed by atoms with Gasteiger partial charge in [-0.2, -0.15) is 23.3 Å². The van der Waals surface area contributed by atoms with Crippen molar-refractivity contribution in [1.82, 2.24) is 40.2 Å². The Morgan fingerprint density at radius 3 is 2.58 bits per heavy atom. The smallest absolute Gasteiger partial charge is 0.344 e. The van der Waals surface area contributed by atoms with Crippen LogP contribution in [0.1, 0.15) is 48.4 Å². The van der Waals surface area contributed by atoms with Crippen LogP contribution < -0.4 is 10.6 Å². The average molecular weight is 594 g/mol. The number of fused-ring (bicyclic) bond motifs is 1. The predicted molar refractivity (Wildman–Crippen MR) is 150 cm³/mol. The van der Waals surface area contributed by atoms with Crippen LogP contribution in [-0.4, -0.2) is 46.7 Å². The zero-order valence-electron chi connectivity index (χ0n) is 23.5. The molecule has 43 heavy (non-hydrogen) atoms. The van der Waals surface area contributed by atoms with E-state index in [1.54, 1.807) is 19.3 Å². The van der Waals surface area contributed by atoms with Crippen molar-refractivity contribution < 1.29 is 27.3 Å². The topological polar surface area (TPSA) is 157 Å². The number of nitrogens with zero attached hydrogens (tertiary/aromatic N) is 6. The van der Waals surface area contributed by atoms with Gasteiger partial charge < -0.3 is 20.1 Å². The summed E-state index contributed by atoms with van der Waals surface area (Å²) in [7, 11) is 1.66. The first-order valence-corrected chi connectivity index (χ1v) is 12.9. The number of amides is 2. The third-order valence-corrected chi connectivity index (χ3v) is 6.36. The molecule has 3 N–H and O–H groups in total. The quantitative estimate of drug-likeness (QED) is 0.228. The summed E-state index contributed by atoms with van der Waals surface area (Å²) in [5, 5.41) is 13.0. The fraction of sp³-hybridized carbons (Fsp3) is 0.250. The van der Waals surface area contributed by atoms with E-state index in [9.17, 15) is 22.8 Å². The molecular formula is C28H26F3N9O3. The Balaban J connectivity index is 1.47. The molecule has 0 aliphatic carbocycles. The molecule has 0 spiro atoms. The minimum absolute atomic E-state index is 0.159. The summed E-state index contributed by atoms with van der Waals surface area (Å²) in [6.07, 6.45) is -0.569. The number of aromatic nitrogens is 7. The maximum atomic E-state index is 14.2. The normalized spacial score (nSPS) is 12.0. The van der Waals surface area contributed by atoms with Crippen LogP contribution in [0.25, 0.3) is 33.7 Å². The van der Waals surface area contributed by atoms with Gasteiger partial charge in [0.1, 0.15) is 5.82 Å². The van der Waals surface area contributed by atoms with Crippen molar-refractivity contribution in [1.29, 1.82) is 0 Å². The molecule has 0 saturated carbocycles. The van der Waals surface area contributed by atoms with Crippen molar-refractivity contribution in [2.24, 2.45) is 7.05 Å². The Bertz CT molecular complexity index is 1860. The van der Waals surface area contributed by atoms with Gasteiger partial charge >= 0.3 is 18.0 Å². The zero-order chi connectivity index (χ0) is 31.1. The van der Waals surface area contributed by atoms with E-state index in [0.29, 0.717) is 28.3 Å². The van der Waals surface area contributed by atoms with Crippen LogP contribution >= 0.6 is 0 Å². The van der Waals surface area contributed by atoms with Crippen LogP contribution in [0.15, 0.2) is 53.8 Å². The molecule has 0 unspecified atom stereocenters. The van der Waals surface area contributed by atoms with E-state index in [-0.39, 0.29) is 28.5 Å². The van der Waals surface area contributed by atoms with Crippen LogP contribution in [0.4, 0.5) is 19.0 Å². The lowest BCUT2D eigenvalue weighted by molar-refractivity contribution is -0.138. The maximum absolute atomic E-state index is 14.2. The second kappa shape index (κ2) is 10.8. The van der Waals surface area contributed by atoms with Gasteiger partial charge in [-0.25, -0.2) is 9.97 Å². The molecule has 4 heterocycles. The number of aromatic amines is 1. The van der Waals surface area contributed by atoms with Gasteiger partial charge in [-0.15, -0.1) is 0 Å². The van der Waals surface area contributed by atoms with E-state index in [2.05, 4.69) is 47.4 Å². The second-order valence-corrected chi connectivity index (χ2v) is 10.6. The first-order chi connectivity index (χ1) is 20.2. The van der Waals surface area contributed by atoms with E-state index < -0.39 is 35.5 Å². The number of pyridine rings is 1. The van der Waals surface area contributed by atoms with Gasteiger partial charge in [-0.05, 0) is 29.3 Å². The van der Waals surface area contributed by atoms with Gasteiger partial charge in [0.15, 0.2) is 17.3 Å². The van der Waals surface area contributed by atoms with Crippen LogP contribution in [0.3, 0.4) is 0 Å². The molecule has 12 nitrogen and oxygen atoms in total. The molecule has 0 aliphatic rings. The zero-order valence-corrected chi connectivity index (χ0v) is 23.5. The van der Waals surface area contributed by atoms with Crippen molar-refractivity contribution in [2.45, 2.75) is 38.9 Å². The van der Waals surface area contributed by atoms with Gasteiger partial charge in [0.25, 0.3) is 0 Å². The summed E-state index contributed by atoms with van der Waals surface area (Å²) in [6.45, 7) is 8.49. The first kappa shape index (κ1) is 29.2. The van der Waals surface area contributed by atoms with Crippen LogP contribution in [-0.2, 0) is 30.0 Å². The third kappa shape index (κ3) is 6.00. The van der Waals surface area contributed by atoms with Crippen molar-refractivity contribution in [3.8, 4) is 22.5 Å². The van der Waals surface area contributed by atoms with Gasteiger partial charge in [0.05, 0.1) is 16.6 Å². The van der Waals surface area contributed by atoms with Crippen molar-refractivity contribution in [3.63, 3.8) is 0 Å². The molecule has 4 aromatic heterocycles. The number of rotatable bonds is 7. The summed E-state index contributed by atoms with van der Waals surface area (Å²) in [5.41, 5.74) is 0.149. The summed E-state index contributed by atoms with van der Waals surface area (Å²) >= 11 is 0. The number of nitrogens with one attached hydrogen (secondary N) is 3. The number of anilines is 1. The van der Waals surface area contributed by atoms with Crippen molar-refractivity contribution >= 4 is 28.8 Å². The molecular weight excluding hydrogens is 567 g/mol. The van der Waals surface area contributed by atoms with E-state index >= 15 is 0 Å². The third-order valence-electron chi connectivity index (χ3n) is 6.36. The number of halogens is 3. The number of alkyl halides is 3. The molecule has 5 rings (SSSR count). The molecule has 1 aromatic carbocycles. The molecule has 0 saturated heterocycles. The van der Waals surface area contributed by atoms with Crippen molar-refractivity contribution in [3.05, 3.63) is 72.2 Å². The summed E-state index contributed by atoms with van der Waals surface area (Å²) in [5.74, 6) is -0.796. The standard InChI is InChI=1S/C28H26F3N9O3/c1-6-19(41)34-22-17(13-40(5)38-22)21-35-20-16(9-10-32-23(20)36-21)14-7-8-15(18(11-14)28(29,30)31)12-33-24(42)25-37-26(39-43-25)27(2,3)4/h6-11,13H,1,12H2,2-5H3,(H,33,42)(H,32,35,36)(H,34,38,41). The molecule has 0 fully saturated rings. The highest BCUT2D eigenvalue weighted by molar-refractivity contribution is 6.01. The molecule has 15 heteroatoms. The minimum Gasteiger partial charge on any atom is -0.344 e. The molecule has 0 bridgehead atoms. The summed E-state index contributed by atoms with van der Waals surface area (Å²) in [4.78, 5) is 40.3. The van der Waals surface area contributed by atoms with Crippen molar-refractivity contribution in [2.75, 3.05) is 5.32 Å². The van der Waals surface area contributed by atoms with E-state index in [1.807, 2.05) is 20.8 Å². The number of hydrogen-bond acceptors (Lipinski definition) is 8. The van der Waals surface area contributed by atoms with Crippen LogP contribution in [0, 0.1) is 0 Å². The molecule has 0 atom stereocenters.